The first-order valence-electron chi connectivity index (χ1n) is 10.1. The van der Waals surface area contributed by atoms with E-state index in [1.165, 1.54) is 25.7 Å². The van der Waals surface area contributed by atoms with Crippen molar-refractivity contribution in [3.8, 4) is 0 Å². The lowest BCUT2D eigenvalue weighted by molar-refractivity contribution is -0.128. The molecule has 1 amide bonds. The Kier molecular flexibility index (Phi) is 5.29. The van der Waals surface area contributed by atoms with Crippen LogP contribution in [0.25, 0.3) is 0 Å². The number of nitrogens with one attached hydrogen (secondary N) is 4. The highest BCUT2D eigenvalue weighted by molar-refractivity contribution is 5.79. The summed E-state index contributed by atoms with van der Waals surface area (Å²) in [6, 6.07) is 0. The van der Waals surface area contributed by atoms with Crippen LogP contribution in [0.15, 0.2) is 0 Å². The van der Waals surface area contributed by atoms with E-state index in [1.54, 1.807) is 0 Å². The van der Waals surface area contributed by atoms with E-state index in [1.807, 2.05) is 12.1 Å². The van der Waals surface area contributed by atoms with Crippen LogP contribution in [-0.2, 0) is 9.63 Å². The van der Waals surface area contributed by atoms with Gasteiger partial charge >= 0.3 is 0 Å². The van der Waals surface area contributed by atoms with Crippen LogP contribution in [0.2, 0.25) is 0 Å². The number of hydrogen-bond donors (Lipinski definition) is 4. The molecule has 2 aliphatic heterocycles. The third-order valence-corrected chi connectivity index (χ3v) is 6.88. The minimum Gasteiger partial charge on any atom is -0.339 e. The summed E-state index contributed by atoms with van der Waals surface area (Å²) in [6.07, 6.45) is 8.35. The molecule has 142 valence electrons. The molecule has 4 rings (SSSR count). The third-order valence-electron chi connectivity index (χ3n) is 6.88. The number of carbonyl (C=O) groups excluding carboxylic acids is 1. The van der Waals surface area contributed by atoms with Crippen LogP contribution >= 0.6 is 0 Å². The van der Waals surface area contributed by atoms with E-state index in [9.17, 15) is 4.79 Å². The van der Waals surface area contributed by atoms with Gasteiger partial charge in [-0.25, -0.2) is 5.01 Å². The fourth-order valence-corrected chi connectivity index (χ4v) is 5.40. The van der Waals surface area contributed by atoms with Crippen molar-refractivity contribution in [3.63, 3.8) is 0 Å². The van der Waals surface area contributed by atoms with Gasteiger partial charge in [-0.1, -0.05) is 6.92 Å². The van der Waals surface area contributed by atoms with Crippen LogP contribution in [0.4, 0.5) is 0 Å². The fourth-order valence-electron chi connectivity index (χ4n) is 5.40. The molecule has 4 aliphatic rings. The summed E-state index contributed by atoms with van der Waals surface area (Å²) < 4.78 is 0. The molecule has 7 unspecified atom stereocenters. The van der Waals surface area contributed by atoms with Gasteiger partial charge in [-0.2, -0.15) is 5.48 Å². The van der Waals surface area contributed by atoms with Gasteiger partial charge in [0.05, 0.1) is 12.3 Å². The number of carbonyl (C=O) groups is 1. The molecule has 2 saturated heterocycles. The van der Waals surface area contributed by atoms with Gasteiger partial charge in [0.2, 0.25) is 5.91 Å². The Morgan fingerprint density at radius 3 is 2.76 bits per heavy atom. The van der Waals surface area contributed by atoms with Gasteiger partial charge in [0.15, 0.2) is 0 Å². The minimum absolute atomic E-state index is 0.141. The van der Waals surface area contributed by atoms with Gasteiger partial charge in [0, 0.05) is 19.5 Å². The highest BCUT2D eigenvalue weighted by Gasteiger charge is 2.46. The fraction of sp³-hybridized carbons (Fsp3) is 0.944. The van der Waals surface area contributed by atoms with Gasteiger partial charge in [0.25, 0.3) is 0 Å². The van der Waals surface area contributed by atoms with Gasteiger partial charge in [-0.3, -0.25) is 20.4 Å². The first kappa shape index (κ1) is 17.7. The Balaban J connectivity index is 1.30. The topological polar surface area (TPSA) is 77.7 Å². The van der Waals surface area contributed by atoms with E-state index in [2.05, 4.69) is 28.5 Å². The highest BCUT2D eigenvalue weighted by atomic mass is 16.7. The summed E-state index contributed by atoms with van der Waals surface area (Å²) in [4.78, 5) is 18.4. The predicted octanol–water partition coefficient (Wildman–Crippen LogP) is 0.898. The van der Waals surface area contributed by atoms with Crippen LogP contribution in [0.3, 0.4) is 0 Å². The lowest BCUT2D eigenvalue weighted by atomic mass is 9.72. The maximum atomic E-state index is 12.8. The molecule has 0 radical (unpaired) electrons. The van der Waals surface area contributed by atoms with E-state index >= 15 is 0 Å². The molecule has 2 aliphatic carbocycles. The Morgan fingerprint density at radius 2 is 2.04 bits per heavy atom. The van der Waals surface area contributed by atoms with Crippen LogP contribution in [0, 0.1) is 23.7 Å². The SMILES string of the molecule is CCC1NC(C2CCC3C(CCC3C(=O)NC3CCNN3C)C2)NO1. The van der Waals surface area contributed by atoms with E-state index in [0.29, 0.717) is 17.8 Å². The molecule has 2 heterocycles. The number of hydrazine groups is 1. The second-order valence-corrected chi connectivity index (χ2v) is 8.29. The molecule has 25 heavy (non-hydrogen) atoms. The molecule has 7 heteroatoms. The zero-order chi connectivity index (χ0) is 17.4. The summed E-state index contributed by atoms with van der Waals surface area (Å²) in [6.45, 7) is 3.08. The highest BCUT2D eigenvalue weighted by Crippen LogP contribution is 2.48. The van der Waals surface area contributed by atoms with E-state index in [-0.39, 0.29) is 30.4 Å². The number of rotatable bonds is 4. The molecule has 0 aromatic carbocycles. The standard InChI is InChI=1S/C18H33N5O2/c1-3-16-21-17(22-25-16)12-5-6-13-11(10-12)4-7-14(13)18(24)20-15-8-9-19-23(15)2/h11-17,19,21-22H,3-10H2,1-2H3,(H,20,24). The maximum absolute atomic E-state index is 12.8. The molecule has 7 nitrogen and oxygen atoms in total. The van der Waals surface area contributed by atoms with Crippen LogP contribution in [-0.4, -0.2) is 43.1 Å². The smallest absolute Gasteiger partial charge is 0.224 e. The third kappa shape index (κ3) is 3.57. The summed E-state index contributed by atoms with van der Waals surface area (Å²) in [5.74, 6) is 2.37. The largest absolute Gasteiger partial charge is 0.339 e. The predicted molar refractivity (Wildman–Crippen MR) is 94.6 cm³/mol. The summed E-state index contributed by atoms with van der Waals surface area (Å²) in [5.41, 5.74) is 6.45. The average molecular weight is 351 g/mol. The van der Waals surface area contributed by atoms with Crippen LogP contribution < -0.4 is 21.5 Å². The summed E-state index contributed by atoms with van der Waals surface area (Å²) in [7, 11) is 2.01. The second-order valence-electron chi connectivity index (χ2n) is 8.29. The van der Waals surface area contributed by atoms with Gasteiger partial charge < -0.3 is 5.32 Å². The van der Waals surface area contributed by atoms with Crippen LogP contribution in [0.1, 0.15) is 51.9 Å². The molecular weight excluding hydrogens is 318 g/mol. The van der Waals surface area contributed by atoms with E-state index < -0.39 is 0 Å². The Bertz CT molecular complexity index is 490. The van der Waals surface area contributed by atoms with Crippen molar-refractivity contribution in [3.05, 3.63) is 0 Å². The van der Waals surface area contributed by atoms with Crippen molar-refractivity contribution in [2.45, 2.75) is 70.4 Å². The average Bonchev–Trinajstić information content (AvgIpc) is 3.34. The Hall–Kier alpha value is -0.730. The van der Waals surface area contributed by atoms with Gasteiger partial charge in [-0.15, -0.1) is 0 Å². The molecule has 0 aromatic heterocycles. The molecule has 0 aromatic rings. The lowest BCUT2D eigenvalue weighted by Crippen LogP contribution is -2.48. The molecule has 4 N–H and O–H groups in total. The van der Waals surface area contributed by atoms with Gasteiger partial charge in [-0.05, 0) is 62.7 Å². The first-order chi connectivity index (χ1) is 12.2. The summed E-state index contributed by atoms with van der Waals surface area (Å²) in [5, 5.41) is 8.85. The van der Waals surface area contributed by atoms with Crippen molar-refractivity contribution in [1.29, 1.82) is 0 Å². The monoisotopic (exact) mass is 351 g/mol. The van der Waals surface area contributed by atoms with Crippen molar-refractivity contribution in [2.24, 2.45) is 23.7 Å². The number of fused-ring (bicyclic) bond motifs is 1. The van der Waals surface area contributed by atoms with Crippen molar-refractivity contribution < 1.29 is 9.63 Å². The minimum atomic E-state index is 0.141. The zero-order valence-corrected chi connectivity index (χ0v) is 15.5. The molecular formula is C18H33N5O2. The Morgan fingerprint density at radius 1 is 1.20 bits per heavy atom. The molecule has 0 spiro atoms. The van der Waals surface area contributed by atoms with Crippen molar-refractivity contribution in [1.82, 2.24) is 26.5 Å². The molecule has 4 fully saturated rings. The van der Waals surface area contributed by atoms with E-state index in [4.69, 9.17) is 4.84 Å². The van der Waals surface area contributed by atoms with Crippen molar-refractivity contribution in [2.75, 3.05) is 13.6 Å². The van der Waals surface area contributed by atoms with Crippen LogP contribution in [0.5, 0.6) is 0 Å². The number of hydrogen-bond acceptors (Lipinski definition) is 6. The molecule has 7 atom stereocenters. The summed E-state index contributed by atoms with van der Waals surface area (Å²) >= 11 is 0. The maximum Gasteiger partial charge on any atom is 0.224 e. The van der Waals surface area contributed by atoms with Gasteiger partial charge in [0.1, 0.15) is 6.23 Å². The first-order valence-corrected chi connectivity index (χ1v) is 10.1. The van der Waals surface area contributed by atoms with Crippen molar-refractivity contribution >= 4 is 5.91 Å². The number of hydroxylamine groups is 1. The lowest BCUT2D eigenvalue weighted by Gasteiger charge is -2.36. The number of amides is 1. The quantitative estimate of drug-likeness (QED) is 0.603. The molecule has 0 bridgehead atoms. The van der Waals surface area contributed by atoms with E-state index in [0.717, 1.165) is 25.8 Å². The zero-order valence-electron chi connectivity index (χ0n) is 15.5. The normalized spacial score (nSPS) is 44.8. The molecule has 2 saturated carbocycles. The number of nitrogens with zero attached hydrogens (tertiary/aromatic N) is 1. The Labute approximate surface area is 150 Å². The second kappa shape index (κ2) is 7.48.